The molecule has 0 bridgehead atoms. The minimum atomic E-state index is -0.989. The topological polar surface area (TPSA) is 95.7 Å². The lowest BCUT2D eigenvalue weighted by molar-refractivity contribution is -0.115. The molecule has 0 atom stereocenters. The van der Waals surface area contributed by atoms with E-state index in [1.165, 1.54) is 6.07 Å². The van der Waals surface area contributed by atoms with Crippen molar-refractivity contribution in [3.8, 4) is 0 Å². The van der Waals surface area contributed by atoms with Gasteiger partial charge < -0.3 is 21.1 Å². The number of aromatic carboxylic acids is 1. The molecule has 1 aromatic rings. The van der Waals surface area contributed by atoms with Gasteiger partial charge in [-0.2, -0.15) is 0 Å². The predicted molar refractivity (Wildman–Crippen MR) is 63.3 cm³/mol. The van der Waals surface area contributed by atoms with Crippen molar-refractivity contribution in [2.24, 2.45) is 5.73 Å². The maximum absolute atomic E-state index is 11.4. The van der Waals surface area contributed by atoms with E-state index in [-0.39, 0.29) is 18.0 Å². The molecule has 0 unspecified atom stereocenters. The summed E-state index contributed by atoms with van der Waals surface area (Å²) in [5.74, 6) is -1.11. The van der Waals surface area contributed by atoms with Crippen LogP contribution in [0.15, 0.2) is 18.2 Å². The van der Waals surface area contributed by atoms with E-state index in [0.29, 0.717) is 24.5 Å². The molecule has 0 spiro atoms. The molecular weight excluding hydrogens is 222 g/mol. The average molecular weight is 235 g/mol. The molecule has 6 heteroatoms. The van der Waals surface area contributed by atoms with Crippen LogP contribution in [-0.4, -0.2) is 36.6 Å². The van der Waals surface area contributed by atoms with Crippen LogP contribution >= 0.6 is 0 Å². The van der Waals surface area contributed by atoms with Crippen LogP contribution in [0.4, 0.5) is 11.4 Å². The Morgan fingerprint density at radius 2 is 2.29 bits per heavy atom. The molecule has 1 aliphatic heterocycles. The summed E-state index contributed by atoms with van der Waals surface area (Å²) >= 11 is 0. The molecular formula is C11H13N3O3. The number of hydrogen-bond donors (Lipinski definition) is 3. The maximum atomic E-state index is 11.4. The number of rotatable bonds is 3. The number of nitrogens with zero attached hydrogens (tertiary/aromatic N) is 1. The second kappa shape index (κ2) is 4.42. The molecule has 1 aliphatic rings. The number of carboxylic acid groups (broad SMARTS) is 1. The first kappa shape index (κ1) is 11.4. The highest BCUT2D eigenvalue weighted by Gasteiger charge is 2.22. The lowest BCUT2D eigenvalue weighted by Crippen LogP contribution is -2.40. The number of fused-ring (bicyclic) bond motifs is 1. The number of carbonyl (C=O) groups excluding carboxylic acids is 1. The largest absolute Gasteiger partial charge is 0.478 e. The maximum Gasteiger partial charge on any atom is 0.335 e. The number of carbonyl (C=O) groups is 2. The first-order valence-corrected chi connectivity index (χ1v) is 5.24. The third-order valence-electron chi connectivity index (χ3n) is 2.59. The van der Waals surface area contributed by atoms with Gasteiger partial charge in [0.05, 0.1) is 23.5 Å². The van der Waals surface area contributed by atoms with E-state index < -0.39 is 5.97 Å². The van der Waals surface area contributed by atoms with Gasteiger partial charge in [0, 0.05) is 13.1 Å². The smallest absolute Gasteiger partial charge is 0.335 e. The molecule has 4 N–H and O–H groups in total. The van der Waals surface area contributed by atoms with Crippen molar-refractivity contribution in [2.45, 2.75) is 0 Å². The summed E-state index contributed by atoms with van der Waals surface area (Å²) < 4.78 is 0. The number of benzene rings is 1. The van der Waals surface area contributed by atoms with Gasteiger partial charge in [0.2, 0.25) is 5.91 Å². The summed E-state index contributed by atoms with van der Waals surface area (Å²) in [5, 5.41) is 11.6. The molecule has 17 heavy (non-hydrogen) atoms. The zero-order valence-electron chi connectivity index (χ0n) is 9.14. The third kappa shape index (κ3) is 2.21. The average Bonchev–Trinajstić information content (AvgIpc) is 2.28. The van der Waals surface area contributed by atoms with E-state index in [4.69, 9.17) is 10.8 Å². The fourth-order valence-corrected chi connectivity index (χ4v) is 1.84. The van der Waals surface area contributed by atoms with Gasteiger partial charge in [-0.1, -0.05) is 0 Å². The van der Waals surface area contributed by atoms with E-state index in [1.807, 2.05) is 0 Å². The Bertz CT molecular complexity index is 473. The van der Waals surface area contributed by atoms with Crippen LogP contribution in [0.25, 0.3) is 0 Å². The fraction of sp³-hybridized carbons (Fsp3) is 0.273. The highest BCUT2D eigenvalue weighted by molar-refractivity contribution is 6.02. The number of carboxylic acids is 1. The van der Waals surface area contributed by atoms with Gasteiger partial charge in [-0.25, -0.2) is 4.79 Å². The van der Waals surface area contributed by atoms with Crippen molar-refractivity contribution in [1.29, 1.82) is 0 Å². The first-order valence-electron chi connectivity index (χ1n) is 5.24. The highest BCUT2D eigenvalue weighted by atomic mass is 16.4. The quantitative estimate of drug-likeness (QED) is 0.690. The molecule has 1 heterocycles. The molecule has 1 aromatic carbocycles. The van der Waals surface area contributed by atoms with Crippen molar-refractivity contribution < 1.29 is 14.7 Å². The van der Waals surface area contributed by atoms with Crippen molar-refractivity contribution in [1.82, 2.24) is 0 Å². The van der Waals surface area contributed by atoms with E-state index in [2.05, 4.69) is 5.32 Å². The Morgan fingerprint density at radius 3 is 2.94 bits per heavy atom. The van der Waals surface area contributed by atoms with E-state index >= 15 is 0 Å². The standard InChI is InChI=1S/C11H13N3O3/c12-3-4-14-6-10(15)13-8-2-1-7(11(16)17)5-9(8)14/h1-2,5H,3-4,6,12H2,(H,13,15)(H,16,17). The van der Waals surface area contributed by atoms with Gasteiger partial charge in [-0.3, -0.25) is 4.79 Å². The van der Waals surface area contributed by atoms with Gasteiger partial charge in [0.15, 0.2) is 0 Å². The monoisotopic (exact) mass is 235 g/mol. The zero-order valence-corrected chi connectivity index (χ0v) is 9.14. The molecule has 2 rings (SSSR count). The molecule has 1 amide bonds. The van der Waals surface area contributed by atoms with Crippen molar-refractivity contribution in [3.63, 3.8) is 0 Å². The summed E-state index contributed by atoms with van der Waals surface area (Å²) in [6.45, 7) is 1.13. The summed E-state index contributed by atoms with van der Waals surface area (Å²) in [6.07, 6.45) is 0. The molecule has 90 valence electrons. The normalized spacial score (nSPS) is 14.2. The molecule has 0 saturated carbocycles. The van der Waals surface area contributed by atoms with Crippen LogP contribution in [0, 0.1) is 0 Å². The number of amides is 1. The minimum Gasteiger partial charge on any atom is -0.478 e. The van der Waals surface area contributed by atoms with Crippen molar-refractivity contribution in [3.05, 3.63) is 23.8 Å². The second-order valence-corrected chi connectivity index (χ2v) is 3.80. The first-order chi connectivity index (χ1) is 8.11. The van der Waals surface area contributed by atoms with Gasteiger partial charge in [-0.15, -0.1) is 0 Å². The predicted octanol–water partition coefficient (Wildman–Crippen LogP) is 0.102. The Morgan fingerprint density at radius 1 is 1.53 bits per heavy atom. The number of nitrogens with one attached hydrogen (secondary N) is 1. The summed E-state index contributed by atoms with van der Waals surface area (Å²) in [4.78, 5) is 24.1. The molecule has 0 fully saturated rings. The highest BCUT2D eigenvalue weighted by Crippen LogP contribution is 2.30. The van der Waals surface area contributed by atoms with Crippen LogP contribution in [0.5, 0.6) is 0 Å². The van der Waals surface area contributed by atoms with E-state index in [9.17, 15) is 9.59 Å². The van der Waals surface area contributed by atoms with E-state index in [1.54, 1.807) is 17.0 Å². The van der Waals surface area contributed by atoms with Gasteiger partial charge in [0.25, 0.3) is 0 Å². The fourth-order valence-electron chi connectivity index (χ4n) is 1.84. The second-order valence-electron chi connectivity index (χ2n) is 3.80. The summed E-state index contributed by atoms with van der Waals surface area (Å²) in [6, 6.07) is 4.61. The Kier molecular flexibility index (Phi) is 2.97. The molecule has 0 aliphatic carbocycles. The Balaban J connectivity index is 2.42. The molecule has 6 nitrogen and oxygen atoms in total. The molecule has 0 saturated heterocycles. The Hall–Kier alpha value is -2.08. The zero-order chi connectivity index (χ0) is 12.4. The molecule has 0 aromatic heterocycles. The number of anilines is 2. The van der Waals surface area contributed by atoms with Crippen LogP contribution < -0.4 is 16.0 Å². The van der Waals surface area contributed by atoms with E-state index in [0.717, 1.165) is 0 Å². The summed E-state index contributed by atoms with van der Waals surface area (Å²) in [7, 11) is 0. The van der Waals surface area contributed by atoms with Gasteiger partial charge in [0.1, 0.15) is 0 Å². The molecule has 0 radical (unpaired) electrons. The number of hydrogen-bond acceptors (Lipinski definition) is 4. The lowest BCUT2D eigenvalue weighted by atomic mass is 10.1. The Labute approximate surface area is 98.0 Å². The third-order valence-corrected chi connectivity index (χ3v) is 2.59. The van der Waals surface area contributed by atoms with Crippen LogP contribution in [0.2, 0.25) is 0 Å². The number of nitrogens with two attached hydrogens (primary N) is 1. The minimum absolute atomic E-state index is 0.117. The van der Waals surface area contributed by atoms with Crippen molar-refractivity contribution >= 4 is 23.3 Å². The van der Waals surface area contributed by atoms with Crippen LogP contribution in [0.3, 0.4) is 0 Å². The lowest BCUT2D eigenvalue weighted by Gasteiger charge is -2.30. The SMILES string of the molecule is NCCN1CC(=O)Nc2ccc(C(=O)O)cc21. The van der Waals surface area contributed by atoms with Crippen LogP contribution in [0.1, 0.15) is 10.4 Å². The van der Waals surface area contributed by atoms with Gasteiger partial charge >= 0.3 is 5.97 Å². The summed E-state index contributed by atoms with van der Waals surface area (Å²) in [5.41, 5.74) is 6.99. The van der Waals surface area contributed by atoms with Gasteiger partial charge in [-0.05, 0) is 18.2 Å². The van der Waals surface area contributed by atoms with Crippen LogP contribution in [-0.2, 0) is 4.79 Å². The van der Waals surface area contributed by atoms with Crippen molar-refractivity contribution in [2.75, 3.05) is 29.9 Å².